The second kappa shape index (κ2) is 10.3. The van der Waals surface area contributed by atoms with Crippen LogP contribution in [0.4, 0.5) is 5.69 Å². The molecule has 0 aliphatic heterocycles. The van der Waals surface area contributed by atoms with Crippen LogP contribution in [0.2, 0.25) is 0 Å². The van der Waals surface area contributed by atoms with Crippen LogP contribution in [-0.4, -0.2) is 16.3 Å². The number of hydrogen-bond donors (Lipinski definition) is 1. The van der Waals surface area contributed by atoms with E-state index in [0.717, 1.165) is 11.4 Å². The Hall–Kier alpha value is -1.46. The van der Waals surface area contributed by atoms with Crippen molar-refractivity contribution >= 4 is 39.3 Å². The minimum Gasteiger partial charge on any atom is -0.510 e. The van der Waals surface area contributed by atoms with Gasteiger partial charge < -0.3 is 15.8 Å². The summed E-state index contributed by atoms with van der Waals surface area (Å²) in [5.74, 6) is 0. The van der Waals surface area contributed by atoms with E-state index in [9.17, 15) is 0 Å². The molecule has 0 radical (unpaired) electrons. The van der Waals surface area contributed by atoms with Crippen LogP contribution in [-0.2, 0) is 27.3 Å². The van der Waals surface area contributed by atoms with E-state index in [1.807, 2.05) is 48.5 Å². The Morgan fingerprint density at radius 2 is 1.90 bits per heavy atom. The van der Waals surface area contributed by atoms with Gasteiger partial charge in [0.25, 0.3) is 0 Å². The van der Waals surface area contributed by atoms with Gasteiger partial charge in [-0.15, -0.1) is 0 Å². The minimum absolute atomic E-state index is 0.424. The van der Waals surface area contributed by atoms with E-state index in [1.165, 1.54) is 0 Å². The number of nitrogens with one attached hydrogen (secondary N) is 1. The summed E-state index contributed by atoms with van der Waals surface area (Å²) in [6.07, 6.45) is 3.28. The summed E-state index contributed by atoms with van der Waals surface area (Å²) in [5, 5.41) is 7.33. The number of hydrogen-bond acceptors (Lipinski definition) is 2. The van der Waals surface area contributed by atoms with Gasteiger partial charge in [0.15, 0.2) is 12.2 Å². The van der Waals surface area contributed by atoms with E-state index in [2.05, 4.69) is 58.2 Å². The fraction of sp³-hybridized carbons (Fsp3) is 0. The second-order valence-electron chi connectivity index (χ2n) is 3.41. The van der Waals surface area contributed by atoms with Gasteiger partial charge in [0.2, 0.25) is 5.11 Å². The minimum atomic E-state index is 0.424. The van der Waals surface area contributed by atoms with E-state index in [-0.39, 0.29) is 0 Å². The standard InChI is InChI=1S/C13H12N4S.ClH.Cu/c18-13(16-11-6-2-1-3-7-11)17-15-10-12-8-4-5-9-14-12;;/h1-10H,(H2,14,16,17,18);1H;/q;;+1/p-1. The number of pyridine rings is 1. The third-order valence-corrected chi connectivity index (χ3v) is 2.26. The van der Waals surface area contributed by atoms with E-state index in [4.69, 9.17) is 0 Å². The van der Waals surface area contributed by atoms with E-state index < -0.39 is 0 Å². The fourth-order valence-corrected chi connectivity index (χ4v) is 1.45. The van der Waals surface area contributed by atoms with Gasteiger partial charge >= 0.3 is 25.2 Å². The van der Waals surface area contributed by atoms with Crippen molar-refractivity contribution in [3.8, 4) is 0 Å². The van der Waals surface area contributed by atoms with Crippen LogP contribution in [0.25, 0.3) is 5.43 Å². The molecule has 2 aromatic rings. The number of aromatic nitrogens is 1. The van der Waals surface area contributed by atoms with Crippen LogP contribution in [0.3, 0.4) is 0 Å². The van der Waals surface area contributed by atoms with Gasteiger partial charge in [-0.25, -0.2) is 0 Å². The molecule has 0 amide bonds. The summed E-state index contributed by atoms with van der Waals surface area (Å²) in [7, 11) is 4.20. The number of halogens is 1. The Labute approximate surface area is 135 Å². The zero-order valence-corrected chi connectivity index (χ0v) is 12.8. The summed E-state index contributed by atoms with van der Waals surface area (Å²) < 4.78 is 0. The topological polar surface area (TPSA) is 51.4 Å². The molecule has 4 nitrogen and oxygen atoms in total. The normalized spacial score (nSPS) is 9.55. The number of nitrogens with zero attached hydrogens (tertiary/aromatic N) is 3. The predicted octanol–water partition coefficient (Wildman–Crippen LogP) is 2.95. The van der Waals surface area contributed by atoms with E-state index in [1.54, 1.807) is 12.4 Å². The molecule has 0 saturated heterocycles. The molecule has 2 rings (SSSR count). The van der Waals surface area contributed by atoms with Crippen LogP contribution >= 0.6 is 10.1 Å². The average Bonchev–Trinajstić information content (AvgIpc) is 2.51. The Kier molecular flexibility index (Phi) is 8.58. The quantitative estimate of drug-likeness (QED) is 0.230. The molecule has 1 aromatic heterocycles. The monoisotopic (exact) mass is 354 g/mol. The zero-order valence-electron chi connectivity index (χ0n) is 10.2. The van der Waals surface area contributed by atoms with Gasteiger partial charge in [0.05, 0.1) is 5.69 Å². The maximum Gasteiger partial charge on any atom is 0.212 e. The first-order valence-corrected chi connectivity index (χ1v) is 7.23. The fourth-order valence-electron chi connectivity index (χ4n) is 1.27. The van der Waals surface area contributed by atoms with Gasteiger partial charge in [0, 0.05) is 18.1 Å². The van der Waals surface area contributed by atoms with Gasteiger partial charge in [-0.2, -0.15) is 0 Å². The van der Waals surface area contributed by atoms with Crippen molar-refractivity contribution in [2.75, 3.05) is 5.32 Å². The van der Waals surface area contributed by atoms with Crippen molar-refractivity contribution in [2.24, 2.45) is 5.10 Å². The molecule has 0 atom stereocenters. The first-order valence-electron chi connectivity index (χ1n) is 5.49. The maximum absolute atomic E-state index is 4.20. The molecule has 0 aliphatic carbocycles. The van der Waals surface area contributed by atoms with Crippen molar-refractivity contribution < 1.29 is 15.1 Å². The van der Waals surface area contributed by atoms with E-state index in [0.29, 0.717) is 5.11 Å². The maximum atomic E-state index is 4.20. The molecule has 1 heterocycles. The zero-order chi connectivity index (χ0) is 14.6. The van der Waals surface area contributed by atoms with Crippen LogP contribution in [0.1, 0.15) is 5.69 Å². The van der Waals surface area contributed by atoms with Crippen molar-refractivity contribution in [3.05, 3.63) is 65.8 Å². The van der Waals surface area contributed by atoms with Crippen molar-refractivity contribution in [1.29, 1.82) is 0 Å². The van der Waals surface area contributed by atoms with Gasteiger partial charge in [-0.1, -0.05) is 24.3 Å². The number of thiol groups is 1. The molecular weight excluding hydrogens is 343 g/mol. The molecule has 0 fully saturated rings. The Bertz CT molecular complexity index is 537. The van der Waals surface area contributed by atoms with Gasteiger partial charge in [-0.3, -0.25) is 4.98 Å². The third kappa shape index (κ3) is 6.63. The van der Waals surface area contributed by atoms with Crippen molar-refractivity contribution in [1.82, 2.24) is 4.98 Å². The Morgan fingerprint density at radius 3 is 2.55 bits per heavy atom. The molecule has 1 N–H and O–H groups in total. The van der Waals surface area contributed by atoms with Gasteiger partial charge in [-0.05, 0) is 24.3 Å². The average molecular weight is 355 g/mol. The Morgan fingerprint density at radius 1 is 1.20 bits per heavy atom. The largest absolute Gasteiger partial charge is 0.510 e. The van der Waals surface area contributed by atoms with Crippen molar-refractivity contribution in [2.45, 2.75) is 0 Å². The Balaban J connectivity index is 0.000000956. The van der Waals surface area contributed by atoms with Crippen molar-refractivity contribution in [3.63, 3.8) is 0 Å². The number of anilines is 1. The molecule has 0 saturated carbocycles. The summed E-state index contributed by atoms with van der Waals surface area (Å²) in [6.45, 7) is 0. The number of benzene rings is 1. The molecule has 0 unspecified atom stereocenters. The summed E-state index contributed by atoms with van der Waals surface area (Å²) in [6, 6.07) is 15.2. The predicted molar refractivity (Wildman–Crippen MR) is 84.9 cm³/mol. The molecule has 7 heteroatoms. The number of rotatable bonds is 3. The molecule has 1 aromatic carbocycles. The first kappa shape index (κ1) is 16.6. The van der Waals surface area contributed by atoms with E-state index >= 15 is 0 Å². The van der Waals surface area contributed by atoms with Crippen LogP contribution in [0, 0.1) is 0 Å². The second-order valence-corrected chi connectivity index (χ2v) is 3.84. The van der Waals surface area contributed by atoms with Gasteiger partial charge in [0.1, 0.15) is 0 Å². The molecule has 0 aliphatic rings. The first-order chi connectivity index (χ1) is 9.84. The van der Waals surface area contributed by atoms with Crippen LogP contribution in [0.5, 0.6) is 0 Å². The third-order valence-electron chi connectivity index (χ3n) is 2.06. The van der Waals surface area contributed by atoms with Crippen LogP contribution < -0.4 is 5.32 Å². The molecule has 0 bridgehead atoms. The summed E-state index contributed by atoms with van der Waals surface area (Å²) in [5.41, 5.74) is 5.58. The number of para-hydroxylation sites is 1. The SMILES string of the molecule is [Cl][Cu].[SH+]=C([N-]N=Cc1ccccn1)Nc1ccccc1. The summed E-state index contributed by atoms with van der Waals surface area (Å²) in [4.78, 5) is 4.10. The molecule has 20 heavy (non-hydrogen) atoms. The smallest absolute Gasteiger partial charge is 0.212 e. The molecule has 108 valence electrons. The molecule has 0 spiro atoms. The molecular formula is C13H12ClCuN4S. The summed E-state index contributed by atoms with van der Waals surface area (Å²) >= 11 is 7.85. The van der Waals surface area contributed by atoms with Crippen LogP contribution in [0.15, 0.2) is 59.8 Å².